The summed E-state index contributed by atoms with van der Waals surface area (Å²) in [7, 11) is 4.51. The van der Waals surface area contributed by atoms with Gasteiger partial charge >= 0.3 is 0 Å². The minimum Gasteiger partial charge on any atom is -0.493 e. The molecule has 0 aliphatic rings. The SMILES string of the molecule is COc1cc(C(=O)NCCc2nnc(-c3cccs3)o2)cc(OC)c1OC. The summed E-state index contributed by atoms with van der Waals surface area (Å²) >= 11 is 1.53. The van der Waals surface area contributed by atoms with Crippen LogP contribution in [0.4, 0.5) is 0 Å². The Morgan fingerprint density at radius 3 is 2.48 bits per heavy atom. The lowest BCUT2D eigenvalue weighted by Crippen LogP contribution is -2.25. The van der Waals surface area contributed by atoms with Crippen LogP contribution in [0.2, 0.25) is 0 Å². The topological polar surface area (TPSA) is 95.7 Å². The minimum atomic E-state index is -0.271. The molecule has 3 rings (SSSR count). The van der Waals surface area contributed by atoms with Gasteiger partial charge in [-0.1, -0.05) is 6.07 Å². The van der Waals surface area contributed by atoms with Crippen molar-refractivity contribution in [1.82, 2.24) is 15.5 Å². The van der Waals surface area contributed by atoms with Crippen molar-refractivity contribution in [2.24, 2.45) is 0 Å². The minimum absolute atomic E-state index is 0.271. The zero-order valence-corrected chi connectivity index (χ0v) is 16.0. The molecule has 3 aromatic rings. The molecule has 0 saturated heterocycles. The van der Waals surface area contributed by atoms with Crippen molar-refractivity contribution in [3.63, 3.8) is 0 Å². The zero-order chi connectivity index (χ0) is 19.2. The first-order valence-electron chi connectivity index (χ1n) is 8.10. The molecule has 0 atom stereocenters. The summed E-state index contributed by atoms with van der Waals surface area (Å²) in [5, 5.41) is 12.8. The number of nitrogens with one attached hydrogen (secondary N) is 1. The molecule has 2 heterocycles. The van der Waals surface area contributed by atoms with Gasteiger partial charge in [0, 0.05) is 18.5 Å². The van der Waals surface area contributed by atoms with E-state index in [1.165, 1.54) is 32.7 Å². The van der Waals surface area contributed by atoms with Gasteiger partial charge in [-0.05, 0) is 23.6 Å². The first-order valence-corrected chi connectivity index (χ1v) is 8.98. The predicted molar refractivity (Wildman–Crippen MR) is 99.7 cm³/mol. The second kappa shape index (κ2) is 8.54. The molecular formula is C18H19N3O5S. The maximum atomic E-state index is 12.4. The number of amides is 1. The third-order valence-corrected chi connectivity index (χ3v) is 4.61. The fourth-order valence-electron chi connectivity index (χ4n) is 2.45. The normalized spacial score (nSPS) is 10.5. The van der Waals surface area contributed by atoms with Crippen LogP contribution in [0.1, 0.15) is 16.2 Å². The number of ether oxygens (including phenoxy) is 3. The standard InChI is InChI=1S/C18H19N3O5S/c1-23-12-9-11(10-13(24-2)16(12)25-3)17(22)19-7-6-15-20-21-18(26-15)14-5-4-8-27-14/h4-5,8-10H,6-7H2,1-3H3,(H,19,22). The number of methoxy groups -OCH3 is 3. The van der Waals surface area contributed by atoms with Crippen LogP contribution in [0.25, 0.3) is 10.8 Å². The van der Waals surface area contributed by atoms with Gasteiger partial charge in [0.25, 0.3) is 11.8 Å². The first kappa shape index (κ1) is 18.7. The number of carbonyl (C=O) groups excluding carboxylic acids is 1. The molecule has 0 fully saturated rings. The van der Waals surface area contributed by atoms with Gasteiger partial charge in [-0.25, -0.2) is 0 Å². The van der Waals surface area contributed by atoms with Crippen molar-refractivity contribution in [3.05, 3.63) is 41.1 Å². The number of thiophene rings is 1. The highest BCUT2D eigenvalue weighted by molar-refractivity contribution is 7.13. The Bertz CT molecular complexity index is 883. The van der Waals surface area contributed by atoms with Crippen LogP contribution in [0.15, 0.2) is 34.1 Å². The molecule has 142 valence electrons. The lowest BCUT2D eigenvalue weighted by molar-refractivity contribution is 0.0952. The maximum Gasteiger partial charge on any atom is 0.257 e. The fraction of sp³-hybridized carbons (Fsp3) is 0.278. The summed E-state index contributed by atoms with van der Waals surface area (Å²) < 4.78 is 21.4. The molecule has 0 radical (unpaired) electrons. The molecule has 0 unspecified atom stereocenters. The van der Waals surface area contributed by atoms with Gasteiger partial charge < -0.3 is 23.9 Å². The Morgan fingerprint density at radius 1 is 1.15 bits per heavy atom. The van der Waals surface area contributed by atoms with Gasteiger partial charge in [0.05, 0.1) is 26.2 Å². The molecule has 0 aliphatic carbocycles. The molecule has 1 aromatic carbocycles. The first-order chi connectivity index (χ1) is 13.2. The summed E-state index contributed by atoms with van der Waals surface area (Å²) in [5.41, 5.74) is 0.398. The van der Waals surface area contributed by atoms with E-state index in [0.717, 1.165) is 4.88 Å². The number of rotatable bonds is 8. The van der Waals surface area contributed by atoms with Crippen molar-refractivity contribution in [2.45, 2.75) is 6.42 Å². The van der Waals surface area contributed by atoms with Crippen LogP contribution in [-0.4, -0.2) is 44.0 Å². The monoisotopic (exact) mass is 389 g/mol. The summed E-state index contributed by atoms with van der Waals surface area (Å²) in [6.45, 7) is 0.349. The van der Waals surface area contributed by atoms with E-state index in [-0.39, 0.29) is 5.91 Å². The van der Waals surface area contributed by atoms with E-state index < -0.39 is 0 Å². The summed E-state index contributed by atoms with van der Waals surface area (Å²) in [4.78, 5) is 13.3. The Balaban J connectivity index is 1.62. The Morgan fingerprint density at radius 2 is 1.89 bits per heavy atom. The van der Waals surface area contributed by atoms with Crippen LogP contribution < -0.4 is 19.5 Å². The number of benzene rings is 1. The Kier molecular flexibility index (Phi) is 5.92. The van der Waals surface area contributed by atoms with Gasteiger partial charge in [0.2, 0.25) is 11.6 Å². The van der Waals surface area contributed by atoms with E-state index in [2.05, 4.69) is 15.5 Å². The molecule has 0 aliphatic heterocycles. The largest absolute Gasteiger partial charge is 0.493 e. The lowest BCUT2D eigenvalue weighted by Gasteiger charge is -2.14. The lowest BCUT2D eigenvalue weighted by atomic mass is 10.1. The van der Waals surface area contributed by atoms with Crippen molar-refractivity contribution >= 4 is 17.2 Å². The van der Waals surface area contributed by atoms with Crippen molar-refractivity contribution in [2.75, 3.05) is 27.9 Å². The van der Waals surface area contributed by atoms with E-state index in [0.29, 0.717) is 47.6 Å². The van der Waals surface area contributed by atoms with Crippen molar-refractivity contribution in [3.8, 4) is 28.0 Å². The smallest absolute Gasteiger partial charge is 0.257 e. The van der Waals surface area contributed by atoms with Gasteiger partial charge in [-0.15, -0.1) is 21.5 Å². The molecule has 1 amide bonds. The maximum absolute atomic E-state index is 12.4. The van der Waals surface area contributed by atoms with Gasteiger partial charge in [0.15, 0.2) is 11.5 Å². The summed E-state index contributed by atoms with van der Waals surface area (Å²) in [5.74, 6) is 1.94. The third-order valence-electron chi connectivity index (χ3n) is 3.75. The van der Waals surface area contributed by atoms with E-state index in [1.54, 1.807) is 12.1 Å². The highest BCUT2D eigenvalue weighted by Gasteiger charge is 2.17. The molecular weight excluding hydrogens is 370 g/mol. The molecule has 0 bridgehead atoms. The molecule has 8 nitrogen and oxygen atoms in total. The summed E-state index contributed by atoms with van der Waals surface area (Å²) in [6, 6.07) is 7.02. The van der Waals surface area contributed by atoms with Crippen LogP contribution in [0.3, 0.4) is 0 Å². The molecule has 0 spiro atoms. The van der Waals surface area contributed by atoms with Crippen LogP contribution in [0, 0.1) is 0 Å². The van der Waals surface area contributed by atoms with E-state index in [4.69, 9.17) is 18.6 Å². The second-order valence-corrected chi connectivity index (χ2v) is 6.35. The van der Waals surface area contributed by atoms with Crippen molar-refractivity contribution < 1.29 is 23.4 Å². The van der Waals surface area contributed by atoms with Crippen LogP contribution >= 0.6 is 11.3 Å². The van der Waals surface area contributed by atoms with Gasteiger partial charge in [-0.3, -0.25) is 4.79 Å². The number of hydrogen-bond acceptors (Lipinski definition) is 8. The van der Waals surface area contributed by atoms with Crippen LogP contribution in [-0.2, 0) is 6.42 Å². The summed E-state index contributed by atoms with van der Waals surface area (Å²) in [6.07, 6.45) is 0.425. The van der Waals surface area contributed by atoms with E-state index in [9.17, 15) is 4.79 Å². The molecule has 9 heteroatoms. The third kappa shape index (κ3) is 4.20. The van der Waals surface area contributed by atoms with Gasteiger partial charge in [0.1, 0.15) is 0 Å². The van der Waals surface area contributed by atoms with E-state index >= 15 is 0 Å². The second-order valence-electron chi connectivity index (χ2n) is 5.40. The Labute approximate surface area is 160 Å². The number of aromatic nitrogens is 2. The number of nitrogens with zero attached hydrogens (tertiary/aromatic N) is 2. The fourth-order valence-corrected chi connectivity index (χ4v) is 3.10. The van der Waals surface area contributed by atoms with E-state index in [1.807, 2.05) is 17.5 Å². The van der Waals surface area contributed by atoms with Gasteiger partial charge in [-0.2, -0.15) is 0 Å². The molecule has 27 heavy (non-hydrogen) atoms. The highest BCUT2D eigenvalue weighted by Crippen LogP contribution is 2.38. The number of carbonyl (C=O) groups is 1. The predicted octanol–water partition coefficient (Wildman–Crippen LogP) is 2.80. The molecule has 1 N–H and O–H groups in total. The molecule has 2 aromatic heterocycles. The molecule has 0 saturated carbocycles. The average molecular weight is 389 g/mol. The Hall–Kier alpha value is -3.07. The van der Waals surface area contributed by atoms with Crippen LogP contribution in [0.5, 0.6) is 17.2 Å². The zero-order valence-electron chi connectivity index (χ0n) is 15.1. The van der Waals surface area contributed by atoms with Crippen molar-refractivity contribution in [1.29, 1.82) is 0 Å². The highest BCUT2D eigenvalue weighted by atomic mass is 32.1. The quantitative estimate of drug-likeness (QED) is 0.633. The number of hydrogen-bond donors (Lipinski definition) is 1. The average Bonchev–Trinajstić information content (AvgIpc) is 3.38.